The summed E-state index contributed by atoms with van der Waals surface area (Å²) >= 11 is 6.07. The van der Waals surface area contributed by atoms with Gasteiger partial charge in [-0.25, -0.2) is 12.8 Å². The molecule has 3 aromatic rings. The molecule has 3 rings (SSSR count). The van der Waals surface area contributed by atoms with Crippen molar-refractivity contribution in [2.45, 2.75) is 25.9 Å². The highest BCUT2D eigenvalue weighted by Crippen LogP contribution is 2.23. The van der Waals surface area contributed by atoms with Crippen molar-refractivity contribution >= 4 is 39.1 Å². The van der Waals surface area contributed by atoms with Crippen LogP contribution in [0.15, 0.2) is 78.9 Å². The summed E-state index contributed by atoms with van der Waals surface area (Å²) in [6, 6.07) is 20.0. The summed E-state index contributed by atoms with van der Waals surface area (Å²) in [6.07, 6.45) is 1.20. The number of likely N-dealkylation sites (N-methyl/N-ethyl adjacent to an activating group) is 1. The maximum absolute atomic E-state index is 13.8. The molecule has 37 heavy (non-hydrogen) atoms. The van der Waals surface area contributed by atoms with Gasteiger partial charge in [-0.05, 0) is 48.4 Å². The molecule has 0 aromatic heterocycles. The van der Waals surface area contributed by atoms with E-state index >= 15 is 0 Å². The Labute approximate surface area is 221 Å². The molecule has 0 aliphatic rings. The van der Waals surface area contributed by atoms with E-state index in [2.05, 4.69) is 5.32 Å². The molecule has 196 valence electrons. The highest BCUT2D eigenvalue weighted by Gasteiger charge is 2.32. The summed E-state index contributed by atoms with van der Waals surface area (Å²) in [5.74, 6) is -1.41. The Kier molecular flexibility index (Phi) is 9.66. The van der Waals surface area contributed by atoms with Gasteiger partial charge >= 0.3 is 0 Å². The number of benzene rings is 3. The van der Waals surface area contributed by atoms with E-state index in [0.29, 0.717) is 17.1 Å². The van der Waals surface area contributed by atoms with Crippen molar-refractivity contribution < 1.29 is 22.4 Å². The van der Waals surface area contributed by atoms with Crippen molar-refractivity contribution in [3.05, 3.63) is 101 Å². The van der Waals surface area contributed by atoms with Crippen LogP contribution in [0, 0.1) is 5.82 Å². The van der Waals surface area contributed by atoms with E-state index in [9.17, 15) is 22.4 Å². The van der Waals surface area contributed by atoms with Crippen molar-refractivity contribution in [3.8, 4) is 0 Å². The lowest BCUT2D eigenvalue weighted by Gasteiger charge is -2.33. The molecule has 0 saturated carbocycles. The van der Waals surface area contributed by atoms with Crippen molar-refractivity contribution in [2.24, 2.45) is 0 Å². The Bertz CT molecular complexity index is 1320. The van der Waals surface area contributed by atoms with Crippen LogP contribution in [0.25, 0.3) is 0 Å². The average Bonchev–Trinajstić information content (AvgIpc) is 2.85. The summed E-state index contributed by atoms with van der Waals surface area (Å²) < 4.78 is 39.9. The second-order valence-corrected chi connectivity index (χ2v) is 10.8. The number of amides is 2. The zero-order chi connectivity index (χ0) is 27.0. The molecule has 1 unspecified atom stereocenters. The maximum atomic E-state index is 13.8. The molecule has 0 aliphatic heterocycles. The number of hydrogen-bond acceptors (Lipinski definition) is 4. The third-order valence-electron chi connectivity index (χ3n) is 5.66. The van der Waals surface area contributed by atoms with Gasteiger partial charge in [0.2, 0.25) is 21.8 Å². The molecule has 0 fully saturated rings. The van der Waals surface area contributed by atoms with Crippen LogP contribution in [0.3, 0.4) is 0 Å². The first kappa shape index (κ1) is 28.1. The standard InChI is InChI=1S/C27H29ClFN3O4S/c1-3-30-27(34)25(16-20-8-5-4-6-9-20)31(18-21-12-14-23(29)15-13-21)26(33)19-32(37(2,35)36)24-11-7-10-22(28)17-24/h4-15,17,25H,3,16,18-19H2,1-2H3,(H,30,34). The van der Waals surface area contributed by atoms with E-state index in [1.54, 1.807) is 19.1 Å². The number of carbonyl (C=O) groups excluding carboxylic acids is 2. The molecular formula is C27H29ClFN3O4S. The number of hydrogen-bond donors (Lipinski definition) is 1. The lowest BCUT2D eigenvalue weighted by molar-refractivity contribution is -0.140. The summed E-state index contributed by atoms with van der Waals surface area (Å²) in [6.45, 7) is 1.54. The molecule has 10 heteroatoms. The van der Waals surface area contributed by atoms with Crippen molar-refractivity contribution in [1.29, 1.82) is 0 Å². The highest BCUT2D eigenvalue weighted by molar-refractivity contribution is 7.92. The SMILES string of the molecule is CCNC(=O)C(Cc1ccccc1)N(Cc1ccc(F)cc1)C(=O)CN(c1cccc(Cl)c1)S(C)(=O)=O. The zero-order valence-corrected chi connectivity index (χ0v) is 22.2. The van der Waals surface area contributed by atoms with Gasteiger partial charge in [-0.1, -0.05) is 60.1 Å². The zero-order valence-electron chi connectivity index (χ0n) is 20.6. The van der Waals surface area contributed by atoms with E-state index in [1.807, 2.05) is 30.3 Å². The molecule has 0 heterocycles. The van der Waals surface area contributed by atoms with Crippen molar-refractivity contribution in [2.75, 3.05) is 23.7 Å². The van der Waals surface area contributed by atoms with Crippen LogP contribution in [-0.2, 0) is 32.6 Å². The number of sulfonamides is 1. The lowest BCUT2D eigenvalue weighted by Crippen LogP contribution is -2.53. The fourth-order valence-electron chi connectivity index (χ4n) is 3.88. The van der Waals surface area contributed by atoms with Crippen LogP contribution in [0.2, 0.25) is 5.02 Å². The van der Waals surface area contributed by atoms with Crippen LogP contribution < -0.4 is 9.62 Å². The molecule has 0 spiro atoms. The predicted molar refractivity (Wildman–Crippen MR) is 143 cm³/mol. The van der Waals surface area contributed by atoms with Crippen LogP contribution in [0.4, 0.5) is 10.1 Å². The van der Waals surface area contributed by atoms with Gasteiger partial charge in [0.05, 0.1) is 11.9 Å². The number of nitrogens with zero attached hydrogens (tertiary/aromatic N) is 2. The van der Waals surface area contributed by atoms with Gasteiger partial charge in [0.15, 0.2) is 0 Å². The number of rotatable bonds is 11. The van der Waals surface area contributed by atoms with Gasteiger partial charge in [0.25, 0.3) is 0 Å². The number of anilines is 1. The molecule has 2 amide bonds. The molecular weight excluding hydrogens is 517 g/mol. The minimum absolute atomic E-state index is 0.0269. The Morgan fingerprint density at radius 2 is 1.65 bits per heavy atom. The fraction of sp³-hybridized carbons (Fsp3) is 0.259. The van der Waals surface area contributed by atoms with Crippen LogP contribution in [0.1, 0.15) is 18.1 Å². The van der Waals surface area contributed by atoms with Crippen molar-refractivity contribution in [1.82, 2.24) is 10.2 Å². The first-order chi connectivity index (χ1) is 17.6. The largest absolute Gasteiger partial charge is 0.355 e. The monoisotopic (exact) mass is 545 g/mol. The summed E-state index contributed by atoms with van der Waals surface area (Å²) in [4.78, 5) is 28.4. The van der Waals surface area contributed by atoms with E-state index in [1.165, 1.54) is 41.3 Å². The van der Waals surface area contributed by atoms with E-state index in [0.717, 1.165) is 16.1 Å². The minimum Gasteiger partial charge on any atom is -0.355 e. The normalized spacial score (nSPS) is 12.0. The quantitative estimate of drug-likeness (QED) is 0.394. The predicted octanol–water partition coefficient (Wildman–Crippen LogP) is 4.02. The number of nitrogens with one attached hydrogen (secondary N) is 1. The Morgan fingerprint density at radius 1 is 0.973 bits per heavy atom. The Balaban J connectivity index is 2.03. The highest BCUT2D eigenvalue weighted by atomic mass is 35.5. The van der Waals surface area contributed by atoms with Crippen LogP contribution >= 0.6 is 11.6 Å². The molecule has 1 N–H and O–H groups in total. The van der Waals surface area contributed by atoms with E-state index in [-0.39, 0.29) is 24.6 Å². The number of carbonyl (C=O) groups is 2. The van der Waals surface area contributed by atoms with E-state index < -0.39 is 34.3 Å². The minimum atomic E-state index is -3.88. The smallest absolute Gasteiger partial charge is 0.244 e. The van der Waals surface area contributed by atoms with Gasteiger partial charge in [-0.2, -0.15) is 0 Å². The van der Waals surface area contributed by atoms with Crippen molar-refractivity contribution in [3.63, 3.8) is 0 Å². The molecule has 1 atom stereocenters. The van der Waals surface area contributed by atoms with Gasteiger partial charge in [-0.3, -0.25) is 13.9 Å². The Hall–Kier alpha value is -3.43. The lowest BCUT2D eigenvalue weighted by atomic mass is 10.0. The Morgan fingerprint density at radius 3 is 2.24 bits per heavy atom. The van der Waals surface area contributed by atoms with Gasteiger partial charge in [-0.15, -0.1) is 0 Å². The summed E-state index contributed by atoms with van der Waals surface area (Å²) in [5, 5.41) is 3.09. The van der Waals surface area contributed by atoms with E-state index in [4.69, 9.17) is 11.6 Å². The molecule has 0 aliphatic carbocycles. The third-order valence-corrected chi connectivity index (χ3v) is 7.04. The second-order valence-electron chi connectivity index (χ2n) is 8.50. The first-order valence-corrected chi connectivity index (χ1v) is 13.9. The average molecular weight is 546 g/mol. The summed E-state index contributed by atoms with van der Waals surface area (Å²) in [5.41, 5.74) is 1.64. The molecule has 7 nitrogen and oxygen atoms in total. The topological polar surface area (TPSA) is 86.8 Å². The van der Waals surface area contributed by atoms with Crippen LogP contribution in [0.5, 0.6) is 0 Å². The van der Waals surface area contributed by atoms with Gasteiger partial charge < -0.3 is 10.2 Å². The number of halogens is 2. The fourth-order valence-corrected chi connectivity index (χ4v) is 4.90. The molecule has 3 aromatic carbocycles. The molecule has 0 bridgehead atoms. The third kappa shape index (κ3) is 8.03. The maximum Gasteiger partial charge on any atom is 0.244 e. The molecule has 0 radical (unpaired) electrons. The second kappa shape index (κ2) is 12.7. The summed E-state index contributed by atoms with van der Waals surface area (Å²) in [7, 11) is -3.88. The molecule has 0 saturated heterocycles. The van der Waals surface area contributed by atoms with Gasteiger partial charge in [0.1, 0.15) is 18.4 Å². The van der Waals surface area contributed by atoms with Crippen LogP contribution in [-0.4, -0.2) is 50.5 Å². The van der Waals surface area contributed by atoms with Gasteiger partial charge in [0, 0.05) is 24.5 Å². The first-order valence-electron chi connectivity index (χ1n) is 11.7.